The van der Waals surface area contributed by atoms with E-state index >= 15 is 0 Å². The van der Waals surface area contributed by atoms with Gasteiger partial charge in [-0.05, 0) is 61.9 Å². The van der Waals surface area contributed by atoms with Crippen LogP contribution in [0.4, 0.5) is 4.39 Å². The summed E-state index contributed by atoms with van der Waals surface area (Å²) in [6, 6.07) is 5.18. The second-order valence-electron chi connectivity index (χ2n) is 7.97. The number of halogens is 1. The van der Waals surface area contributed by atoms with Crippen molar-refractivity contribution in [3.8, 4) is 11.5 Å². The maximum Gasteiger partial charge on any atom is 0.243 e. The Kier molecular flexibility index (Phi) is 5.36. The number of rotatable bonds is 7. The van der Waals surface area contributed by atoms with E-state index in [0.717, 1.165) is 17.4 Å². The minimum atomic E-state index is -1.01. The first-order valence-corrected chi connectivity index (χ1v) is 10.1. The van der Waals surface area contributed by atoms with Gasteiger partial charge in [0.05, 0.1) is 11.4 Å². The second-order valence-corrected chi connectivity index (χ2v) is 7.97. The zero-order valence-electron chi connectivity index (χ0n) is 17.1. The number of aromatic nitrogens is 2. The van der Waals surface area contributed by atoms with Gasteiger partial charge in [-0.25, -0.2) is 9.37 Å². The minimum Gasteiger partial charge on any atom is -0.453 e. The Morgan fingerprint density at radius 2 is 2.10 bits per heavy atom. The Bertz CT molecular complexity index is 1160. The number of amides is 2. The van der Waals surface area contributed by atoms with Gasteiger partial charge in [0.25, 0.3) is 0 Å². The quantitative estimate of drug-likeness (QED) is 0.460. The Labute approximate surface area is 178 Å². The van der Waals surface area contributed by atoms with Gasteiger partial charge in [-0.2, -0.15) is 0 Å². The van der Waals surface area contributed by atoms with Crippen LogP contribution < -0.4 is 21.5 Å². The number of H-pyrrole nitrogens is 1. The fourth-order valence-electron chi connectivity index (χ4n) is 3.78. The third kappa shape index (κ3) is 3.96. The molecule has 8 nitrogen and oxygen atoms in total. The Hall–Kier alpha value is -3.46. The standard InChI is InChI=1S/C22H24FN5O3/c1-12-11-27-19-18(12)17(5-8-26-19)31-16-4-3-13(9-14(16)23)10-15(24)20(29)28-22(21(25)30)6-2-7-22/h3-5,8-9,11,15H,2,6-7,10,24H2,1H3,(H2,25,30)(H,26,27)(H,28,29)/t15-/m0/s1. The van der Waals surface area contributed by atoms with Gasteiger partial charge in [-0.15, -0.1) is 0 Å². The lowest BCUT2D eigenvalue weighted by Crippen LogP contribution is -2.64. The summed E-state index contributed by atoms with van der Waals surface area (Å²) in [5.41, 5.74) is 12.5. The summed E-state index contributed by atoms with van der Waals surface area (Å²) in [6.07, 6.45) is 5.32. The molecule has 0 bridgehead atoms. The van der Waals surface area contributed by atoms with E-state index in [9.17, 15) is 14.0 Å². The van der Waals surface area contributed by atoms with Crippen LogP contribution in [-0.4, -0.2) is 33.4 Å². The molecule has 3 aromatic rings. The molecule has 0 unspecified atom stereocenters. The first-order chi connectivity index (χ1) is 14.8. The number of fused-ring (bicyclic) bond motifs is 1. The predicted molar refractivity (Wildman–Crippen MR) is 113 cm³/mol. The monoisotopic (exact) mass is 425 g/mol. The maximum absolute atomic E-state index is 14.7. The molecule has 1 fully saturated rings. The summed E-state index contributed by atoms with van der Waals surface area (Å²) < 4.78 is 20.5. The van der Waals surface area contributed by atoms with E-state index in [0.29, 0.717) is 29.8 Å². The molecule has 1 saturated carbocycles. The van der Waals surface area contributed by atoms with Crippen LogP contribution >= 0.6 is 0 Å². The van der Waals surface area contributed by atoms with Crippen molar-refractivity contribution >= 4 is 22.8 Å². The number of aryl methyl sites for hydroxylation is 1. The van der Waals surface area contributed by atoms with Crippen molar-refractivity contribution in [1.29, 1.82) is 0 Å². The van der Waals surface area contributed by atoms with Crippen molar-refractivity contribution in [2.45, 2.75) is 44.2 Å². The maximum atomic E-state index is 14.7. The van der Waals surface area contributed by atoms with Crippen molar-refractivity contribution in [3.05, 3.63) is 53.6 Å². The summed E-state index contributed by atoms with van der Waals surface area (Å²) >= 11 is 0. The SMILES string of the molecule is Cc1c[nH]c2nccc(Oc3ccc(C[C@H](N)C(=O)NC4(C(N)=O)CCC4)cc3F)c12. The lowest BCUT2D eigenvalue weighted by Gasteiger charge is -2.40. The number of nitrogens with one attached hydrogen (secondary N) is 2. The number of benzene rings is 1. The molecule has 1 atom stereocenters. The number of carbonyl (C=O) groups is 2. The number of primary amides is 1. The number of hydrogen-bond acceptors (Lipinski definition) is 5. The van der Waals surface area contributed by atoms with Crippen LogP contribution in [0.25, 0.3) is 11.0 Å². The topological polar surface area (TPSA) is 136 Å². The molecule has 2 heterocycles. The minimum absolute atomic E-state index is 0.0528. The van der Waals surface area contributed by atoms with Gasteiger partial charge in [-0.1, -0.05) is 6.07 Å². The second kappa shape index (κ2) is 7.99. The summed E-state index contributed by atoms with van der Waals surface area (Å²) in [5.74, 6) is -1.08. The first kappa shape index (κ1) is 20.8. The lowest BCUT2D eigenvalue weighted by molar-refractivity contribution is -0.135. The lowest BCUT2D eigenvalue weighted by atomic mass is 9.76. The highest BCUT2D eigenvalue weighted by Gasteiger charge is 2.44. The molecule has 31 heavy (non-hydrogen) atoms. The van der Waals surface area contributed by atoms with Crippen molar-refractivity contribution in [1.82, 2.24) is 15.3 Å². The number of carbonyl (C=O) groups excluding carboxylic acids is 2. The van der Waals surface area contributed by atoms with Crippen molar-refractivity contribution in [3.63, 3.8) is 0 Å². The van der Waals surface area contributed by atoms with E-state index in [1.807, 2.05) is 13.1 Å². The van der Waals surface area contributed by atoms with E-state index in [1.54, 1.807) is 18.3 Å². The van der Waals surface area contributed by atoms with Crippen LogP contribution in [-0.2, 0) is 16.0 Å². The van der Waals surface area contributed by atoms with Crippen LogP contribution in [0.5, 0.6) is 11.5 Å². The zero-order chi connectivity index (χ0) is 22.2. The van der Waals surface area contributed by atoms with Crippen molar-refractivity contribution in [2.75, 3.05) is 0 Å². The molecule has 162 valence electrons. The number of aromatic amines is 1. The molecule has 0 aliphatic heterocycles. The normalized spacial score (nSPS) is 15.8. The summed E-state index contributed by atoms with van der Waals surface area (Å²) in [7, 11) is 0. The number of pyridine rings is 1. The molecule has 0 spiro atoms. The van der Waals surface area contributed by atoms with Gasteiger partial charge in [0.2, 0.25) is 11.8 Å². The van der Waals surface area contributed by atoms with Gasteiger partial charge < -0.3 is 26.5 Å². The molecule has 4 rings (SSSR count). The van der Waals surface area contributed by atoms with Crippen LogP contribution in [0.15, 0.2) is 36.7 Å². The fraction of sp³-hybridized carbons (Fsp3) is 0.318. The summed E-state index contributed by atoms with van der Waals surface area (Å²) in [4.78, 5) is 31.3. The highest BCUT2D eigenvalue weighted by molar-refractivity contribution is 5.93. The van der Waals surface area contributed by atoms with Gasteiger partial charge in [0.1, 0.15) is 16.9 Å². The van der Waals surface area contributed by atoms with Crippen molar-refractivity contribution in [2.24, 2.45) is 11.5 Å². The van der Waals surface area contributed by atoms with E-state index < -0.39 is 29.2 Å². The molecule has 0 radical (unpaired) electrons. The molecule has 9 heteroatoms. The van der Waals surface area contributed by atoms with E-state index in [2.05, 4.69) is 15.3 Å². The summed E-state index contributed by atoms with van der Waals surface area (Å²) in [6.45, 7) is 1.91. The largest absolute Gasteiger partial charge is 0.453 e. The molecule has 1 aromatic carbocycles. The first-order valence-electron chi connectivity index (χ1n) is 10.1. The predicted octanol–water partition coefficient (Wildman–Crippen LogP) is 2.20. The molecular weight excluding hydrogens is 401 g/mol. The van der Waals surface area contributed by atoms with Crippen LogP contribution in [0.1, 0.15) is 30.4 Å². The molecule has 1 aliphatic carbocycles. The molecule has 2 aromatic heterocycles. The Morgan fingerprint density at radius 1 is 1.32 bits per heavy atom. The van der Waals surface area contributed by atoms with E-state index in [1.165, 1.54) is 12.1 Å². The zero-order valence-corrected chi connectivity index (χ0v) is 17.1. The van der Waals surface area contributed by atoms with E-state index in [4.69, 9.17) is 16.2 Å². The van der Waals surface area contributed by atoms with Crippen LogP contribution in [0, 0.1) is 12.7 Å². The molecule has 1 aliphatic rings. The molecule has 2 amide bonds. The smallest absolute Gasteiger partial charge is 0.243 e. The Morgan fingerprint density at radius 3 is 2.74 bits per heavy atom. The van der Waals surface area contributed by atoms with Crippen LogP contribution in [0.3, 0.4) is 0 Å². The molecule has 0 saturated heterocycles. The fourth-order valence-corrected chi connectivity index (χ4v) is 3.78. The third-order valence-electron chi connectivity index (χ3n) is 5.78. The van der Waals surface area contributed by atoms with Gasteiger partial charge in [-0.3, -0.25) is 9.59 Å². The molecule has 6 N–H and O–H groups in total. The third-order valence-corrected chi connectivity index (χ3v) is 5.78. The number of hydrogen-bond donors (Lipinski definition) is 4. The average Bonchev–Trinajstić information content (AvgIpc) is 3.08. The average molecular weight is 425 g/mol. The van der Waals surface area contributed by atoms with E-state index in [-0.39, 0.29) is 12.2 Å². The number of ether oxygens (including phenoxy) is 1. The van der Waals surface area contributed by atoms with Gasteiger partial charge >= 0.3 is 0 Å². The number of nitrogens with zero attached hydrogens (tertiary/aromatic N) is 1. The van der Waals surface area contributed by atoms with Crippen molar-refractivity contribution < 1.29 is 18.7 Å². The van der Waals surface area contributed by atoms with Gasteiger partial charge in [0.15, 0.2) is 11.6 Å². The Balaban J connectivity index is 1.45. The highest BCUT2D eigenvalue weighted by atomic mass is 19.1. The van der Waals surface area contributed by atoms with Crippen LogP contribution in [0.2, 0.25) is 0 Å². The highest BCUT2D eigenvalue weighted by Crippen LogP contribution is 2.33. The van der Waals surface area contributed by atoms with Gasteiger partial charge in [0, 0.05) is 12.4 Å². The summed E-state index contributed by atoms with van der Waals surface area (Å²) in [5, 5.41) is 3.44. The molecular formula is C22H24FN5O3. The number of nitrogens with two attached hydrogens (primary N) is 2.